The van der Waals surface area contributed by atoms with E-state index in [0.717, 1.165) is 38.5 Å². The zero-order chi connectivity index (χ0) is 64.2. The minimum absolute atomic E-state index is 0.0240. The molecule has 0 aromatic carbocycles. The number of esters is 1. The second kappa shape index (κ2) is 79.3. The van der Waals surface area contributed by atoms with Crippen LogP contribution >= 0.6 is 0 Å². The van der Waals surface area contributed by atoms with Gasteiger partial charge in [0.2, 0.25) is 5.91 Å². The monoisotopic (exact) mass is 1260 g/mol. The maximum Gasteiger partial charge on any atom is 0.305 e. The van der Waals surface area contributed by atoms with Crippen LogP contribution in [0, 0.1) is 0 Å². The average Bonchev–Trinajstić information content (AvgIpc) is 3.58. The molecule has 0 saturated carbocycles. The lowest BCUT2D eigenvalue weighted by atomic mass is 10.0. The van der Waals surface area contributed by atoms with Crippen LogP contribution in [0.2, 0.25) is 0 Å². The van der Waals surface area contributed by atoms with Crippen LogP contribution in [0.15, 0.2) is 0 Å². The Hall–Kier alpha value is -1.14. The average molecular weight is 1260 g/mol. The van der Waals surface area contributed by atoms with Gasteiger partial charge < -0.3 is 20.3 Å². The normalized spacial score (nSPS) is 12.4. The van der Waals surface area contributed by atoms with Crippen molar-refractivity contribution in [1.29, 1.82) is 0 Å². The van der Waals surface area contributed by atoms with E-state index in [9.17, 15) is 19.8 Å². The molecule has 6 heteroatoms. The van der Waals surface area contributed by atoms with Crippen LogP contribution in [0.25, 0.3) is 0 Å². The summed E-state index contributed by atoms with van der Waals surface area (Å²) < 4.78 is 5.52. The molecule has 0 bridgehead atoms. The van der Waals surface area contributed by atoms with Crippen molar-refractivity contribution in [2.24, 2.45) is 0 Å². The number of hydrogen-bond donors (Lipinski definition) is 3. The molecule has 0 aliphatic carbocycles. The number of rotatable bonds is 80. The van der Waals surface area contributed by atoms with Crippen molar-refractivity contribution >= 4 is 11.9 Å². The Balaban J connectivity index is 3.32. The molecule has 0 aromatic rings. The number of carbonyl (C=O) groups excluding carboxylic acids is 2. The first kappa shape index (κ1) is 87.9. The van der Waals surface area contributed by atoms with E-state index < -0.39 is 12.1 Å². The summed E-state index contributed by atoms with van der Waals surface area (Å²) in [6.07, 6.45) is 99.3. The lowest BCUT2D eigenvalue weighted by molar-refractivity contribution is -0.143. The molecule has 6 nitrogen and oxygen atoms in total. The van der Waals surface area contributed by atoms with Gasteiger partial charge in [0.1, 0.15) is 0 Å². The Morgan fingerprint density at radius 2 is 0.461 bits per heavy atom. The maximum atomic E-state index is 12.6. The minimum Gasteiger partial charge on any atom is -0.466 e. The third-order valence-electron chi connectivity index (χ3n) is 20.2. The number of unbranched alkanes of at least 4 members (excludes halogenated alkanes) is 69. The molecular weight excluding hydrogens is 1090 g/mol. The van der Waals surface area contributed by atoms with Gasteiger partial charge >= 0.3 is 5.97 Å². The summed E-state index contributed by atoms with van der Waals surface area (Å²) in [7, 11) is 0. The topological polar surface area (TPSA) is 95.9 Å². The summed E-state index contributed by atoms with van der Waals surface area (Å²) in [6, 6.07) is -0.539. The fraction of sp³-hybridized carbons (Fsp3) is 0.976. The van der Waals surface area contributed by atoms with Gasteiger partial charge in [0.25, 0.3) is 0 Å². The molecule has 0 saturated heterocycles. The largest absolute Gasteiger partial charge is 0.466 e. The van der Waals surface area contributed by atoms with Gasteiger partial charge in [0.05, 0.1) is 25.4 Å². The number of ether oxygens (including phenoxy) is 1. The summed E-state index contributed by atoms with van der Waals surface area (Å²) in [5, 5.41) is 23.5. The predicted molar refractivity (Wildman–Crippen MR) is 394 cm³/mol. The molecule has 0 rings (SSSR count). The highest BCUT2D eigenvalue weighted by Gasteiger charge is 2.20. The van der Waals surface area contributed by atoms with Crippen LogP contribution in [0.3, 0.4) is 0 Å². The third kappa shape index (κ3) is 75.8. The van der Waals surface area contributed by atoms with Gasteiger partial charge in [0, 0.05) is 12.8 Å². The lowest BCUT2D eigenvalue weighted by Crippen LogP contribution is -2.45. The Kier molecular flexibility index (Phi) is 78.3. The molecule has 1 amide bonds. The standard InChI is InChI=1S/C83H165NO5/c1-3-5-7-9-11-13-15-17-19-21-22-23-24-31-34-37-40-44-47-51-55-59-63-67-71-75-81(86)80(79-85)84-82(87)76-72-68-64-60-56-52-48-45-41-38-35-32-29-27-25-26-28-30-33-36-39-42-46-50-54-58-62-66-70-74-78-89-83(88)77-73-69-65-61-57-53-49-43-20-18-16-14-12-10-8-6-4-2/h80-81,85-86H,3-79H2,1-2H3,(H,84,87). The Morgan fingerprint density at radius 1 is 0.270 bits per heavy atom. The molecule has 0 aromatic heterocycles. The molecule has 0 heterocycles. The summed E-state index contributed by atoms with van der Waals surface area (Å²) in [5.74, 6) is 0.00188. The van der Waals surface area contributed by atoms with Crippen LogP contribution in [0.1, 0.15) is 495 Å². The molecule has 0 aliphatic heterocycles. The highest BCUT2D eigenvalue weighted by molar-refractivity contribution is 5.76. The molecule has 0 spiro atoms. The number of nitrogens with one attached hydrogen (secondary N) is 1. The maximum absolute atomic E-state index is 12.6. The van der Waals surface area contributed by atoms with E-state index in [1.807, 2.05) is 0 Å². The molecule has 89 heavy (non-hydrogen) atoms. The number of carbonyl (C=O) groups is 2. The first-order valence-corrected chi connectivity index (χ1v) is 41.8. The minimum atomic E-state index is -0.662. The van der Waals surface area contributed by atoms with E-state index in [4.69, 9.17) is 4.74 Å². The molecule has 2 unspecified atom stereocenters. The van der Waals surface area contributed by atoms with Crippen molar-refractivity contribution in [3.63, 3.8) is 0 Å². The summed E-state index contributed by atoms with van der Waals surface area (Å²) in [5.41, 5.74) is 0. The van der Waals surface area contributed by atoms with Gasteiger partial charge in [-0.15, -0.1) is 0 Å². The molecule has 0 aliphatic rings. The van der Waals surface area contributed by atoms with Crippen molar-refractivity contribution in [3.8, 4) is 0 Å². The van der Waals surface area contributed by atoms with E-state index in [1.54, 1.807) is 0 Å². The first-order valence-electron chi connectivity index (χ1n) is 41.8. The van der Waals surface area contributed by atoms with E-state index >= 15 is 0 Å². The number of hydrogen-bond acceptors (Lipinski definition) is 5. The molecule has 532 valence electrons. The van der Waals surface area contributed by atoms with E-state index in [1.165, 1.54) is 424 Å². The van der Waals surface area contributed by atoms with Gasteiger partial charge in [-0.05, 0) is 25.7 Å². The third-order valence-corrected chi connectivity index (χ3v) is 20.2. The highest BCUT2D eigenvalue weighted by atomic mass is 16.5. The van der Waals surface area contributed by atoms with Crippen molar-refractivity contribution < 1.29 is 24.5 Å². The van der Waals surface area contributed by atoms with E-state index in [-0.39, 0.29) is 18.5 Å². The van der Waals surface area contributed by atoms with Gasteiger partial charge in [-0.1, -0.05) is 457 Å². The number of aliphatic hydroxyl groups excluding tert-OH is 2. The predicted octanol–water partition coefficient (Wildman–Crippen LogP) is 27.7. The Bertz CT molecular complexity index is 1310. The highest BCUT2D eigenvalue weighted by Crippen LogP contribution is 2.21. The van der Waals surface area contributed by atoms with Gasteiger partial charge in [-0.25, -0.2) is 0 Å². The Labute approximate surface area is 559 Å². The first-order chi connectivity index (χ1) is 44.0. The summed E-state index contributed by atoms with van der Waals surface area (Å²) >= 11 is 0. The molecule has 0 fully saturated rings. The smallest absolute Gasteiger partial charge is 0.305 e. The fourth-order valence-corrected chi connectivity index (χ4v) is 13.8. The molecule has 2 atom stereocenters. The van der Waals surface area contributed by atoms with Crippen LogP contribution in [0.4, 0.5) is 0 Å². The molecular formula is C83H165NO5. The quantitative estimate of drug-likeness (QED) is 0.0417. The van der Waals surface area contributed by atoms with Crippen LogP contribution in [0.5, 0.6) is 0 Å². The lowest BCUT2D eigenvalue weighted by Gasteiger charge is -2.22. The summed E-state index contributed by atoms with van der Waals surface area (Å²) in [4.78, 5) is 24.7. The van der Waals surface area contributed by atoms with Crippen molar-refractivity contribution in [1.82, 2.24) is 5.32 Å². The van der Waals surface area contributed by atoms with Crippen LogP contribution < -0.4 is 5.32 Å². The van der Waals surface area contributed by atoms with E-state index in [2.05, 4.69) is 19.2 Å². The SMILES string of the molecule is CCCCCCCCCCCCCCCCCCCCCCCCCCCC(O)C(CO)NC(=O)CCCCCCCCCCCCCCCCCCCCCCCCCCCCCCCCOC(=O)CCCCCCCCCCCCCCCCCCC. The number of aliphatic hydroxyl groups is 2. The van der Waals surface area contributed by atoms with Crippen molar-refractivity contribution in [3.05, 3.63) is 0 Å². The van der Waals surface area contributed by atoms with Crippen LogP contribution in [-0.4, -0.2) is 47.4 Å². The van der Waals surface area contributed by atoms with Crippen LogP contribution in [-0.2, 0) is 14.3 Å². The second-order valence-electron chi connectivity index (χ2n) is 29.2. The summed E-state index contributed by atoms with van der Waals surface area (Å²) in [6.45, 7) is 5.03. The van der Waals surface area contributed by atoms with E-state index in [0.29, 0.717) is 25.9 Å². The Morgan fingerprint density at radius 3 is 0.685 bits per heavy atom. The zero-order valence-corrected chi connectivity index (χ0v) is 61.2. The number of amides is 1. The second-order valence-corrected chi connectivity index (χ2v) is 29.2. The zero-order valence-electron chi connectivity index (χ0n) is 61.2. The van der Waals surface area contributed by atoms with Gasteiger partial charge in [-0.2, -0.15) is 0 Å². The van der Waals surface area contributed by atoms with Crippen molar-refractivity contribution in [2.75, 3.05) is 13.2 Å². The molecule has 3 N–H and O–H groups in total. The molecule has 0 radical (unpaired) electrons. The fourth-order valence-electron chi connectivity index (χ4n) is 13.8. The van der Waals surface area contributed by atoms with Crippen molar-refractivity contribution in [2.45, 2.75) is 508 Å². The van der Waals surface area contributed by atoms with Gasteiger partial charge in [0.15, 0.2) is 0 Å². The van der Waals surface area contributed by atoms with Gasteiger partial charge in [-0.3, -0.25) is 9.59 Å².